The molecule has 4 rings (SSSR count). The van der Waals surface area contributed by atoms with Crippen molar-refractivity contribution in [2.24, 2.45) is 4.99 Å². The van der Waals surface area contributed by atoms with E-state index in [1.54, 1.807) is 12.5 Å². The molecular formula is C16H16N3O2+. The second-order valence-corrected chi connectivity index (χ2v) is 5.46. The van der Waals surface area contributed by atoms with Crippen LogP contribution in [0.5, 0.6) is 5.75 Å². The second kappa shape index (κ2) is 4.48. The summed E-state index contributed by atoms with van der Waals surface area (Å²) in [7, 11) is 2.07. The fourth-order valence-electron chi connectivity index (χ4n) is 2.92. The van der Waals surface area contributed by atoms with Gasteiger partial charge in [-0.05, 0) is 11.6 Å². The highest BCUT2D eigenvalue weighted by Gasteiger charge is 2.23. The number of aromatic hydroxyl groups is 1. The monoisotopic (exact) mass is 282 g/mol. The number of nitrogens with one attached hydrogen (secondary N) is 1. The van der Waals surface area contributed by atoms with E-state index in [0.29, 0.717) is 17.9 Å². The Kier molecular flexibility index (Phi) is 2.60. The Bertz CT molecular complexity index is 864. The van der Waals surface area contributed by atoms with Crippen molar-refractivity contribution in [3.05, 3.63) is 40.8 Å². The molecule has 0 bridgehead atoms. The molecule has 0 amide bonds. The first-order valence-electron chi connectivity index (χ1n) is 7.00. The number of anilines is 1. The first kappa shape index (κ1) is 12.2. The van der Waals surface area contributed by atoms with E-state index in [0.717, 1.165) is 29.1 Å². The van der Waals surface area contributed by atoms with Crippen molar-refractivity contribution < 1.29 is 9.52 Å². The lowest BCUT2D eigenvalue weighted by molar-refractivity contribution is 0.477. The van der Waals surface area contributed by atoms with Crippen LogP contribution in [0.25, 0.3) is 5.57 Å². The third-order valence-corrected chi connectivity index (χ3v) is 4.11. The zero-order chi connectivity index (χ0) is 14.4. The van der Waals surface area contributed by atoms with E-state index in [9.17, 15) is 5.11 Å². The van der Waals surface area contributed by atoms with Gasteiger partial charge >= 0.3 is 0 Å². The molecule has 0 radical (unpaired) electrons. The summed E-state index contributed by atoms with van der Waals surface area (Å²) in [5, 5.41) is 15.9. The predicted molar refractivity (Wildman–Crippen MR) is 81.6 cm³/mol. The number of rotatable bonds is 3. The van der Waals surface area contributed by atoms with Crippen molar-refractivity contribution in [2.45, 2.75) is 13.0 Å². The maximum Gasteiger partial charge on any atom is 0.211 e. The van der Waals surface area contributed by atoms with Crippen molar-refractivity contribution in [1.82, 2.24) is 4.58 Å². The second-order valence-electron chi connectivity index (χ2n) is 5.46. The summed E-state index contributed by atoms with van der Waals surface area (Å²) in [6, 6.07) is 3.90. The van der Waals surface area contributed by atoms with E-state index >= 15 is 0 Å². The molecule has 2 aliphatic heterocycles. The Hall–Kier alpha value is -2.56. The standard InChI is InChI=1S/C16H15N3O2/c1-19-4-2-11-8-18-15-14(11)13(19)6-12(16(15)20)17-7-10-3-5-21-9-10/h3,5-6,8-9H,2,4,7H2,1H3,(H,17,18,20)/p+1. The molecule has 2 aromatic rings. The molecule has 0 atom stereocenters. The first-order valence-corrected chi connectivity index (χ1v) is 7.00. The Labute approximate surface area is 121 Å². The van der Waals surface area contributed by atoms with Crippen molar-refractivity contribution in [3.63, 3.8) is 0 Å². The molecule has 2 N–H and O–H groups in total. The predicted octanol–water partition coefficient (Wildman–Crippen LogP) is 0.988. The largest absolute Gasteiger partial charge is 0.504 e. The van der Waals surface area contributed by atoms with E-state index in [1.807, 2.05) is 18.3 Å². The van der Waals surface area contributed by atoms with Crippen LogP contribution in [0.1, 0.15) is 12.0 Å². The molecule has 3 heterocycles. The highest BCUT2D eigenvalue weighted by atomic mass is 16.3. The van der Waals surface area contributed by atoms with Crippen LogP contribution in [0.3, 0.4) is 0 Å². The summed E-state index contributed by atoms with van der Waals surface area (Å²) in [6.07, 6.45) is 6.18. The maximum atomic E-state index is 10.5. The van der Waals surface area contributed by atoms with Gasteiger partial charge in [0, 0.05) is 30.8 Å². The number of hydrogen-bond acceptors (Lipinski definition) is 4. The highest BCUT2D eigenvalue weighted by molar-refractivity contribution is 6.08. The van der Waals surface area contributed by atoms with E-state index in [2.05, 4.69) is 21.9 Å². The molecule has 0 unspecified atom stereocenters. The molecule has 1 aromatic carbocycles. The minimum absolute atomic E-state index is 0.221. The summed E-state index contributed by atoms with van der Waals surface area (Å²) < 4.78 is 7.26. The van der Waals surface area contributed by atoms with Crippen LogP contribution >= 0.6 is 0 Å². The number of phenols is 1. The van der Waals surface area contributed by atoms with Crippen LogP contribution in [0, 0.1) is 0 Å². The number of aliphatic imine (C=N–C) groups is 1. The van der Waals surface area contributed by atoms with Crippen LogP contribution in [0.4, 0.5) is 11.4 Å². The van der Waals surface area contributed by atoms with Crippen LogP contribution in [0.15, 0.2) is 34.1 Å². The molecule has 0 spiro atoms. The van der Waals surface area contributed by atoms with Crippen LogP contribution in [-0.4, -0.2) is 24.9 Å². The van der Waals surface area contributed by atoms with Crippen LogP contribution in [-0.2, 0) is 6.54 Å². The van der Waals surface area contributed by atoms with Gasteiger partial charge in [0.25, 0.3) is 0 Å². The van der Waals surface area contributed by atoms with E-state index in [4.69, 9.17) is 4.42 Å². The molecule has 5 heteroatoms. The lowest BCUT2D eigenvalue weighted by Gasteiger charge is -2.11. The van der Waals surface area contributed by atoms with Gasteiger partial charge in [0.1, 0.15) is 19.3 Å². The zero-order valence-corrected chi connectivity index (χ0v) is 11.8. The van der Waals surface area contributed by atoms with Gasteiger partial charge in [0.05, 0.1) is 23.4 Å². The van der Waals surface area contributed by atoms with Crippen molar-refractivity contribution in [2.75, 3.05) is 18.9 Å². The van der Waals surface area contributed by atoms with Gasteiger partial charge in [-0.25, -0.2) is 4.58 Å². The summed E-state index contributed by atoms with van der Waals surface area (Å²) in [6.45, 7) is 1.58. The number of nitrogens with zero attached hydrogens (tertiary/aromatic N) is 2. The normalized spacial score (nSPS) is 15.5. The number of phenolic OH excluding ortho intramolecular Hbond substituents is 1. The van der Waals surface area contributed by atoms with Crippen LogP contribution < -0.4 is 20.5 Å². The molecule has 5 nitrogen and oxygen atoms in total. The van der Waals surface area contributed by atoms with Gasteiger partial charge in [-0.2, -0.15) is 0 Å². The summed E-state index contributed by atoms with van der Waals surface area (Å²) in [4.78, 5) is 4.39. The topological polar surface area (TPSA) is 60.8 Å². The smallest absolute Gasteiger partial charge is 0.211 e. The van der Waals surface area contributed by atoms with Gasteiger partial charge in [0.15, 0.2) is 5.75 Å². The summed E-state index contributed by atoms with van der Waals surface area (Å²) >= 11 is 0. The molecule has 0 fully saturated rings. The van der Waals surface area contributed by atoms with E-state index in [1.165, 1.54) is 5.57 Å². The molecule has 1 aromatic heterocycles. The molecule has 0 saturated heterocycles. The van der Waals surface area contributed by atoms with E-state index < -0.39 is 0 Å². The minimum Gasteiger partial charge on any atom is -0.504 e. The Morgan fingerprint density at radius 2 is 2.38 bits per heavy atom. The van der Waals surface area contributed by atoms with Crippen LogP contribution in [0.2, 0.25) is 0 Å². The van der Waals surface area contributed by atoms with Gasteiger partial charge in [-0.15, -0.1) is 0 Å². The SMILES string of the molecule is C[N+]1=c2cc(NCc3ccoc3)c(O)c3c2=C(C=N3)CC1. The summed E-state index contributed by atoms with van der Waals surface area (Å²) in [5.74, 6) is 0.221. The Morgan fingerprint density at radius 1 is 1.48 bits per heavy atom. The van der Waals surface area contributed by atoms with Crippen molar-refractivity contribution in [1.29, 1.82) is 0 Å². The number of furan rings is 1. The third kappa shape index (κ3) is 1.85. The molecular weight excluding hydrogens is 266 g/mol. The first-order chi connectivity index (χ1) is 10.2. The van der Waals surface area contributed by atoms with E-state index in [-0.39, 0.29) is 5.75 Å². The molecule has 2 aliphatic rings. The Morgan fingerprint density at radius 3 is 3.19 bits per heavy atom. The highest BCUT2D eigenvalue weighted by Crippen LogP contribution is 2.32. The molecule has 21 heavy (non-hydrogen) atoms. The lowest BCUT2D eigenvalue weighted by atomic mass is 10.1. The quantitative estimate of drug-likeness (QED) is 0.652. The van der Waals surface area contributed by atoms with Crippen molar-refractivity contribution >= 4 is 23.2 Å². The van der Waals surface area contributed by atoms with Gasteiger partial charge in [0.2, 0.25) is 5.36 Å². The van der Waals surface area contributed by atoms with Gasteiger partial charge in [-0.1, -0.05) is 0 Å². The third-order valence-electron chi connectivity index (χ3n) is 4.11. The fraction of sp³-hybridized carbons (Fsp3) is 0.250. The lowest BCUT2D eigenvalue weighted by Crippen LogP contribution is -2.43. The molecule has 106 valence electrons. The molecule has 0 saturated carbocycles. The Balaban J connectivity index is 1.82. The summed E-state index contributed by atoms with van der Waals surface area (Å²) in [5.41, 5.74) is 3.64. The number of hydrogen-bond donors (Lipinski definition) is 2. The average molecular weight is 282 g/mol. The van der Waals surface area contributed by atoms with Gasteiger partial charge in [-0.3, -0.25) is 4.99 Å². The van der Waals surface area contributed by atoms with Crippen molar-refractivity contribution in [3.8, 4) is 5.75 Å². The fourth-order valence-corrected chi connectivity index (χ4v) is 2.92. The average Bonchev–Trinajstić information content (AvgIpc) is 3.14. The zero-order valence-electron chi connectivity index (χ0n) is 11.8. The minimum atomic E-state index is 0.221. The molecule has 0 aliphatic carbocycles. The van der Waals surface area contributed by atoms with Gasteiger partial charge < -0.3 is 14.8 Å². The maximum absolute atomic E-state index is 10.5. The number of benzene rings is 1.